The predicted octanol–water partition coefficient (Wildman–Crippen LogP) is 3.57. The molecule has 1 aliphatic carbocycles. The maximum absolute atomic E-state index is 5.13. The van der Waals surface area contributed by atoms with E-state index in [-0.39, 0.29) is 0 Å². The highest BCUT2D eigenvalue weighted by Gasteiger charge is 2.30. The van der Waals surface area contributed by atoms with Crippen molar-refractivity contribution < 1.29 is 4.74 Å². The van der Waals surface area contributed by atoms with Crippen LogP contribution < -0.4 is 5.32 Å². The molecule has 1 saturated carbocycles. The van der Waals surface area contributed by atoms with Crippen LogP contribution in [0.3, 0.4) is 0 Å². The van der Waals surface area contributed by atoms with Gasteiger partial charge in [-0.2, -0.15) is 0 Å². The third-order valence-corrected chi connectivity index (χ3v) is 4.60. The van der Waals surface area contributed by atoms with Crippen LogP contribution in [0.15, 0.2) is 24.3 Å². The largest absolute Gasteiger partial charge is 0.384 e. The van der Waals surface area contributed by atoms with Gasteiger partial charge in [-0.05, 0) is 42.9 Å². The van der Waals surface area contributed by atoms with Crippen molar-refractivity contribution in [2.24, 2.45) is 11.8 Å². The van der Waals surface area contributed by atoms with Crippen LogP contribution in [0, 0.1) is 11.8 Å². The quantitative estimate of drug-likeness (QED) is 0.845. The fourth-order valence-corrected chi connectivity index (χ4v) is 3.41. The van der Waals surface area contributed by atoms with Crippen molar-refractivity contribution in [1.82, 2.24) is 5.32 Å². The Balaban J connectivity index is 2.06. The molecule has 106 valence electrons. The summed E-state index contributed by atoms with van der Waals surface area (Å²) in [4.78, 5) is 0. The smallest absolute Gasteiger partial charge is 0.0502 e. The molecular weight excluding hydrogens is 234 g/mol. The van der Waals surface area contributed by atoms with Crippen LogP contribution in [-0.2, 0) is 11.2 Å². The summed E-state index contributed by atoms with van der Waals surface area (Å²) in [6.45, 7) is 3.20. The minimum Gasteiger partial charge on any atom is -0.384 e. The molecule has 2 nitrogen and oxygen atoms in total. The Labute approximate surface area is 117 Å². The number of hydrogen-bond donors (Lipinski definition) is 1. The maximum atomic E-state index is 5.13. The molecule has 0 heterocycles. The van der Waals surface area contributed by atoms with Gasteiger partial charge in [-0.3, -0.25) is 0 Å². The zero-order chi connectivity index (χ0) is 13.7. The first-order valence-electron chi connectivity index (χ1n) is 7.51. The molecule has 1 N–H and O–H groups in total. The van der Waals surface area contributed by atoms with Crippen molar-refractivity contribution >= 4 is 0 Å². The Hall–Kier alpha value is -0.860. The van der Waals surface area contributed by atoms with Gasteiger partial charge in [0.2, 0.25) is 0 Å². The van der Waals surface area contributed by atoms with Gasteiger partial charge in [-0.1, -0.05) is 44.0 Å². The zero-order valence-electron chi connectivity index (χ0n) is 12.5. The van der Waals surface area contributed by atoms with Crippen LogP contribution in [0.25, 0.3) is 0 Å². The van der Waals surface area contributed by atoms with Gasteiger partial charge in [0.15, 0.2) is 0 Å². The van der Waals surface area contributed by atoms with E-state index >= 15 is 0 Å². The van der Waals surface area contributed by atoms with Crippen molar-refractivity contribution in [3.63, 3.8) is 0 Å². The Kier molecular flexibility index (Phi) is 5.41. The average molecular weight is 261 g/mol. The molecule has 1 aliphatic rings. The molecule has 0 amide bonds. The zero-order valence-corrected chi connectivity index (χ0v) is 12.5. The minimum absolute atomic E-state index is 0.508. The molecule has 2 rings (SSSR count). The predicted molar refractivity (Wildman–Crippen MR) is 80.3 cm³/mol. The van der Waals surface area contributed by atoms with E-state index in [2.05, 4.69) is 43.6 Å². The molecule has 2 heteroatoms. The molecule has 0 radical (unpaired) electrons. The summed E-state index contributed by atoms with van der Waals surface area (Å²) < 4.78 is 5.13. The van der Waals surface area contributed by atoms with E-state index in [0.717, 1.165) is 24.9 Å². The van der Waals surface area contributed by atoms with Crippen LogP contribution in [0.5, 0.6) is 0 Å². The summed E-state index contributed by atoms with van der Waals surface area (Å²) in [5, 5.41) is 3.53. The Morgan fingerprint density at radius 3 is 2.53 bits per heavy atom. The van der Waals surface area contributed by atoms with Crippen molar-refractivity contribution in [3.05, 3.63) is 35.4 Å². The molecule has 0 bridgehead atoms. The number of methoxy groups -OCH3 is 1. The van der Waals surface area contributed by atoms with Crippen molar-refractivity contribution in [2.75, 3.05) is 20.8 Å². The van der Waals surface area contributed by atoms with Gasteiger partial charge >= 0.3 is 0 Å². The summed E-state index contributed by atoms with van der Waals surface area (Å²) in [6.07, 6.45) is 5.13. The number of hydrogen-bond acceptors (Lipinski definition) is 2. The summed E-state index contributed by atoms with van der Waals surface area (Å²) in [5.41, 5.74) is 2.79. The summed E-state index contributed by atoms with van der Waals surface area (Å²) >= 11 is 0. The SMILES string of the molecule is CNC(c1ccc(CCOC)cc1)C1CCCC1C. The van der Waals surface area contributed by atoms with Gasteiger partial charge in [0.1, 0.15) is 0 Å². The topological polar surface area (TPSA) is 21.3 Å². The summed E-state index contributed by atoms with van der Waals surface area (Å²) in [6, 6.07) is 9.58. The molecule has 0 saturated heterocycles. The summed E-state index contributed by atoms with van der Waals surface area (Å²) in [7, 11) is 3.85. The highest BCUT2D eigenvalue weighted by Crippen LogP contribution is 2.39. The Morgan fingerprint density at radius 1 is 1.26 bits per heavy atom. The molecule has 19 heavy (non-hydrogen) atoms. The molecule has 1 aromatic carbocycles. The molecular formula is C17H27NO. The minimum atomic E-state index is 0.508. The number of ether oxygens (including phenoxy) is 1. The first-order chi connectivity index (χ1) is 9.26. The van der Waals surface area contributed by atoms with Crippen molar-refractivity contribution in [2.45, 2.75) is 38.6 Å². The van der Waals surface area contributed by atoms with Crippen LogP contribution in [0.2, 0.25) is 0 Å². The van der Waals surface area contributed by atoms with Crippen LogP contribution in [-0.4, -0.2) is 20.8 Å². The monoisotopic (exact) mass is 261 g/mol. The van der Waals surface area contributed by atoms with E-state index in [1.807, 2.05) is 0 Å². The van der Waals surface area contributed by atoms with Crippen molar-refractivity contribution in [1.29, 1.82) is 0 Å². The molecule has 0 aliphatic heterocycles. The number of rotatable bonds is 6. The first kappa shape index (κ1) is 14.5. The fourth-order valence-electron chi connectivity index (χ4n) is 3.41. The molecule has 0 spiro atoms. The lowest BCUT2D eigenvalue weighted by molar-refractivity contribution is 0.202. The average Bonchev–Trinajstić information content (AvgIpc) is 2.85. The van der Waals surface area contributed by atoms with Gasteiger partial charge in [-0.25, -0.2) is 0 Å². The van der Waals surface area contributed by atoms with E-state index in [4.69, 9.17) is 4.74 Å². The Morgan fingerprint density at radius 2 is 2.00 bits per heavy atom. The highest BCUT2D eigenvalue weighted by atomic mass is 16.5. The molecule has 1 fully saturated rings. The van der Waals surface area contributed by atoms with Gasteiger partial charge in [-0.15, -0.1) is 0 Å². The fraction of sp³-hybridized carbons (Fsp3) is 0.647. The van der Waals surface area contributed by atoms with Crippen LogP contribution >= 0.6 is 0 Å². The second-order valence-electron chi connectivity index (χ2n) is 5.82. The van der Waals surface area contributed by atoms with Crippen LogP contribution in [0.1, 0.15) is 43.4 Å². The van der Waals surface area contributed by atoms with Gasteiger partial charge in [0.05, 0.1) is 6.61 Å². The van der Waals surface area contributed by atoms with Crippen molar-refractivity contribution in [3.8, 4) is 0 Å². The lowest BCUT2D eigenvalue weighted by Gasteiger charge is -2.27. The molecule has 3 atom stereocenters. The normalized spacial score (nSPS) is 24.6. The lowest BCUT2D eigenvalue weighted by atomic mass is 9.85. The Bertz CT molecular complexity index is 373. The maximum Gasteiger partial charge on any atom is 0.0502 e. The van der Waals surface area contributed by atoms with E-state index < -0.39 is 0 Å². The number of nitrogens with one attached hydrogen (secondary N) is 1. The molecule has 0 aromatic heterocycles. The van der Waals surface area contributed by atoms with Gasteiger partial charge < -0.3 is 10.1 Å². The second kappa shape index (κ2) is 7.06. The van der Waals surface area contributed by atoms with E-state index in [9.17, 15) is 0 Å². The number of benzene rings is 1. The second-order valence-corrected chi connectivity index (χ2v) is 5.82. The molecule has 3 unspecified atom stereocenters. The van der Waals surface area contributed by atoms with E-state index in [0.29, 0.717) is 6.04 Å². The highest BCUT2D eigenvalue weighted by molar-refractivity contribution is 5.26. The van der Waals surface area contributed by atoms with Gasteiger partial charge in [0, 0.05) is 13.2 Å². The van der Waals surface area contributed by atoms with Gasteiger partial charge in [0.25, 0.3) is 0 Å². The van der Waals surface area contributed by atoms with E-state index in [1.165, 1.54) is 30.4 Å². The van der Waals surface area contributed by atoms with E-state index in [1.54, 1.807) is 7.11 Å². The van der Waals surface area contributed by atoms with Crippen LogP contribution in [0.4, 0.5) is 0 Å². The third kappa shape index (κ3) is 3.58. The lowest BCUT2D eigenvalue weighted by Crippen LogP contribution is -2.26. The third-order valence-electron chi connectivity index (χ3n) is 4.60. The first-order valence-corrected chi connectivity index (χ1v) is 7.51. The standard InChI is InChI=1S/C17H27NO/c1-13-5-4-6-16(13)17(18-2)15-9-7-14(8-10-15)11-12-19-3/h7-10,13,16-18H,4-6,11-12H2,1-3H3. The summed E-state index contributed by atoms with van der Waals surface area (Å²) in [5.74, 6) is 1.63. The molecule has 1 aromatic rings.